The highest BCUT2D eigenvalue weighted by Gasteiger charge is 2.23. The molecule has 0 aliphatic rings. The van der Waals surface area contributed by atoms with Gasteiger partial charge in [-0.1, -0.05) is 0 Å². The van der Waals surface area contributed by atoms with Gasteiger partial charge in [-0.05, 0) is 57.4 Å². The molecule has 1 rings (SSSR count). The fourth-order valence-electron chi connectivity index (χ4n) is 3.93. The van der Waals surface area contributed by atoms with Gasteiger partial charge in [-0.15, -0.1) is 0 Å². The number of nitrogens with zero attached hydrogens (tertiary/aromatic N) is 1. The van der Waals surface area contributed by atoms with Crippen LogP contribution in [0.3, 0.4) is 0 Å². The fourth-order valence-corrected chi connectivity index (χ4v) is 3.93. The molecule has 0 saturated heterocycles. The second kappa shape index (κ2) is 17.6. The number of hydrogen-bond donors (Lipinski definition) is 8. The summed E-state index contributed by atoms with van der Waals surface area (Å²) >= 11 is 0. The second-order valence-electron chi connectivity index (χ2n) is 9.26. The lowest BCUT2D eigenvalue weighted by atomic mass is 9.96. The van der Waals surface area contributed by atoms with Crippen molar-refractivity contribution in [3.05, 3.63) is 29.1 Å². The van der Waals surface area contributed by atoms with E-state index >= 15 is 0 Å². The van der Waals surface area contributed by atoms with Crippen molar-refractivity contribution in [2.24, 2.45) is 22.9 Å². The van der Waals surface area contributed by atoms with Gasteiger partial charge in [-0.25, -0.2) is 4.57 Å². The average molecular weight is 562 g/mol. The molecule has 13 nitrogen and oxygen atoms in total. The number of carboxylic acids is 4. The molecular formula is C24H40ClN5O8. The largest absolute Gasteiger partial charge is 1.00 e. The zero-order valence-corrected chi connectivity index (χ0v) is 22.1. The van der Waals surface area contributed by atoms with Crippen LogP contribution in [-0.4, -0.2) is 68.5 Å². The monoisotopic (exact) mass is 561 g/mol. The number of aromatic nitrogens is 1. The molecule has 1 aromatic heterocycles. The summed E-state index contributed by atoms with van der Waals surface area (Å²) in [4.78, 5) is 44.5. The number of carbonyl (C=O) groups is 4. The van der Waals surface area contributed by atoms with Crippen LogP contribution in [0.2, 0.25) is 0 Å². The molecule has 38 heavy (non-hydrogen) atoms. The van der Waals surface area contributed by atoms with Crippen LogP contribution in [0.5, 0.6) is 0 Å². The van der Waals surface area contributed by atoms with Crippen molar-refractivity contribution < 1.29 is 56.6 Å². The van der Waals surface area contributed by atoms with Gasteiger partial charge in [0.25, 0.3) is 0 Å². The van der Waals surface area contributed by atoms with Crippen LogP contribution in [0.4, 0.5) is 0 Å². The van der Waals surface area contributed by atoms with E-state index in [4.69, 9.17) is 38.3 Å². The van der Waals surface area contributed by atoms with Gasteiger partial charge in [0, 0.05) is 24.0 Å². The van der Waals surface area contributed by atoms with Crippen molar-refractivity contribution >= 4 is 23.9 Å². The van der Waals surface area contributed by atoms with Crippen molar-refractivity contribution in [1.82, 2.24) is 0 Å². The molecule has 1 heterocycles. The van der Waals surface area contributed by atoms with Crippen LogP contribution < -0.4 is 39.9 Å². The summed E-state index contributed by atoms with van der Waals surface area (Å²) in [6.45, 7) is 0.503. The summed E-state index contributed by atoms with van der Waals surface area (Å²) in [6, 6.07) is -2.19. The molecule has 216 valence electrons. The Balaban J connectivity index is 0.0000137. The number of carboxylic acid groups (broad SMARTS) is 4. The van der Waals surface area contributed by atoms with Gasteiger partial charge >= 0.3 is 23.9 Å². The Bertz CT molecular complexity index is 949. The van der Waals surface area contributed by atoms with E-state index in [0.29, 0.717) is 51.5 Å². The molecule has 0 unspecified atom stereocenters. The van der Waals surface area contributed by atoms with Crippen LogP contribution in [-0.2, 0) is 45.0 Å². The highest BCUT2D eigenvalue weighted by Crippen LogP contribution is 2.17. The first-order valence-corrected chi connectivity index (χ1v) is 12.3. The Hall–Kier alpha value is -2.84. The predicted molar refractivity (Wildman–Crippen MR) is 133 cm³/mol. The molecule has 0 bridgehead atoms. The maximum atomic E-state index is 11.2. The smallest absolute Gasteiger partial charge is 0.320 e. The van der Waals surface area contributed by atoms with Gasteiger partial charge in [0.2, 0.25) is 0 Å². The van der Waals surface area contributed by atoms with Crippen LogP contribution in [0.15, 0.2) is 12.3 Å². The van der Waals surface area contributed by atoms with Crippen LogP contribution in [0, 0.1) is 0 Å². The average Bonchev–Trinajstić information content (AvgIpc) is 2.83. The number of pyridine rings is 1. The Labute approximate surface area is 227 Å². The molecule has 4 atom stereocenters. The normalized spacial score (nSPS) is 14.1. The van der Waals surface area contributed by atoms with E-state index in [1.807, 2.05) is 16.8 Å². The third kappa shape index (κ3) is 12.6. The first-order chi connectivity index (χ1) is 17.3. The summed E-state index contributed by atoms with van der Waals surface area (Å²) in [5, 5.41) is 36.4. The Morgan fingerprint density at radius 1 is 0.658 bits per heavy atom. The molecule has 0 saturated carbocycles. The van der Waals surface area contributed by atoms with Crippen LogP contribution in [0.1, 0.15) is 61.8 Å². The van der Waals surface area contributed by atoms with E-state index in [1.54, 1.807) is 0 Å². The van der Waals surface area contributed by atoms with E-state index < -0.39 is 48.0 Å². The first-order valence-electron chi connectivity index (χ1n) is 12.3. The zero-order valence-electron chi connectivity index (χ0n) is 21.3. The first kappa shape index (κ1) is 35.2. The highest BCUT2D eigenvalue weighted by molar-refractivity contribution is 5.74. The van der Waals surface area contributed by atoms with Gasteiger partial charge < -0.3 is 55.8 Å². The second-order valence-corrected chi connectivity index (χ2v) is 9.26. The summed E-state index contributed by atoms with van der Waals surface area (Å²) in [5.41, 5.74) is 25.1. The van der Waals surface area contributed by atoms with E-state index in [9.17, 15) is 24.3 Å². The van der Waals surface area contributed by atoms with Crippen molar-refractivity contribution in [2.75, 3.05) is 0 Å². The number of aliphatic carboxylic acids is 4. The zero-order chi connectivity index (χ0) is 28.1. The third-order valence-corrected chi connectivity index (χ3v) is 6.23. The number of aryl methyl sites for hydroxylation is 3. The van der Waals surface area contributed by atoms with Crippen molar-refractivity contribution in [2.45, 2.75) is 94.9 Å². The van der Waals surface area contributed by atoms with E-state index in [1.165, 1.54) is 0 Å². The third-order valence-electron chi connectivity index (χ3n) is 6.23. The predicted octanol–water partition coefficient (Wildman–Crippen LogP) is -4.02. The molecular weight excluding hydrogens is 522 g/mol. The van der Waals surface area contributed by atoms with Crippen molar-refractivity contribution in [1.29, 1.82) is 0 Å². The maximum absolute atomic E-state index is 11.2. The van der Waals surface area contributed by atoms with Gasteiger partial charge in [0.15, 0.2) is 11.9 Å². The molecule has 0 aromatic carbocycles. The van der Waals surface area contributed by atoms with Gasteiger partial charge in [0.05, 0.1) is 0 Å². The summed E-state index contributed by atoms with van der Waals surface area (Å²) in [5.74, 6) is -4.40. The van der Waals surface area contributed by atoms with Gasteiger partial charge in [-0.2, -0.15) is 0 Å². The molecule has 0 amide bonds. The quantitative estimate of drug-likeness (QED) is 0.0593. The summed E-state index contributed by atoms with van der Waals surface area (Å²) in [7, 11) is 0. The van der Waals surface area contributed by atoms with E-state index in [-0.39, 0.29) is 31.7 Å². The standard InChI is InChI=1S/C24H39N5O8.ClH/c25-16(21(30)31)4-1-2-11-29-13-14(7-9-18(27)23(34)35)12-15(8-10-19(28)24(36)37)20(29)6-3-5-17(26)22(32)33;/h12-13,16-19H,1-11,25-28H2,(H3-,30,31,32,33,34,35,36,37);1H/t16-,17-,18-,19-;/m0./s1. The van der Waals surface area contributed by atoms with Crippen LogP contribution >= 0.6 is 0 Å². The number of rotatable bonds is 19. The number of hydrogen-bond acceptors (Lipinski definition) is 8. The molecule has 0 spiro atoms. The Morgan fingerprint density at radius 2 is 1.11 bits per heavy atom. The Morgan fingerprint density at radius 3 is 1.61 bits per heavy atom. The van der Waals surface area contributed by atoms with Gasteiger partial charge in [-0.3, -0.25) is 19.2 Å². The minimum atomic E-state index is -1.12. The minimum absolute atomic E-state index is 0. The lowest BCUT2D eigenvalue weighted by Gasteiger charge is -2.15. The topological polar surface area (TPSA) is 257 Å². The lowest BCUT2D eigenvalue weighted by Crippen LogP contribution is -3.00. The van der Waals surface area contributed by atoms with Crippen LogP contribution in [0.25, 0.3) is 0 Å². The molecule has 0 fully saturated rings. The number of nitrogens with two attached hydrogens (primary N) is 4. The van der Waals surface area contributed by atoms with Crippen molar-refractivity contribution in [3.63, 3.8) is 0 Å². The Kier molecular flexibility index (Phi) is 16.3. The minimum Gasteiger partial charge on any atom is -1.00 e. The van der Waals surface area contributed by atoms with E-state index in [2.05, 4.69) is 0 Å². The number of unbranched alkanes of at least 4 members (excludes halogenated alkanes) is 1. The lowest BCUT2D eigenvalue weighted by molar-refractivity contribution is -0.705. The van der Waals surface area contributed by atoms with Gasteiger partial charge in [0.1, 0.15) is 30.7 Å². The molecule has 12 N–H and O–H groups in total. The molecule has 0 aliphatic carbocycles. The number of halogens is 1. The SMILES string of the molecule is N[C@@H](CCCC[n+]1cc(CC[C@H](N)C(=O)O)cc(CC[C@H](N)C(=O)O)c1CCC[C@H](N)C(=O)O)C(=O)O.[Cl-]. The highest BCUT2D eigenvalue weighted by atomic mass is 35.5. The summed E-state index contributed by atoms with van der Waals surface area (Å²) in [6.07, 6.45) is 5.61. The van der Waals surface area contributed by atoms with Crippen molar-refractivity contribution in [3.8, 4) is 0 Å². The molecule has 0 aliphatic heterocycles. The maximum Gasteiger partial charge on any atom is 0.320 e. The molecule has 0 radical (unpaired) electrons. The summed E-state index contributed by atoms with van der Waals surface area (Å²) < 4.78 is 1.97. The van der Waals surface area contributed by atoms with E-state index in [0.717, 1.165) is 16.8 Å². The fraction of sp³-hybridized carbons (Fsp3) is 0.625. The molecule has 14 heteroatoms. The molecule has 1 aromatic rings.